The van der Waals surface area contributed by atoms with Crippen LogP contribution >= 0.6 is 0 Å². The molecule has 2 nitrogen and oxygen atoms in total. The summed E-state index contributed by atoms with van der Waals surface area (Å²) in [5.74, 6) is -6.39. The molecule has 0 saturated heterocycles. The van der Waals surface area contributed by atoms with E-state index in [0.717, 1.165) is 0 Å². The summed E-state index contributed by atoms with van der Waals surface area (Å²) in [6.07, 6.45) is -2.15. The van der Waals surface area contributed by atoms with E-state index in [1.807, 2.05) is 0 Å². The number of pyridine rings is 1. The molecule has 1 aromatic rings. The van der Waals surface area contributed by atoms with E-state index >= 15 is 0 Å². The molecule has 0 N–H and O–H groups in total. The van der Waals surface area contributed by atoms with E-state index in [1.54, 1.807) is 0 Å². The summed E-state index contributed by atoms with van der Waals surface area (Å²) < 4.78 is 48.6. The number of carbonyl (C=O) groups excluding carboxylic acids is 1. The van der Waals surface area contributed by atoms with Gasteiger partial charge in [-0.1, -0.05) is 6.07 Å². The molecule has 0 spiro atoms. The fraction of sp³-hybridized carbons (Fsp3) is 0.333. The van der Waals surface area contributed by atoms with Gasteiger partial charge in [-0.05, 0) is 11.6 Å². The zero-order valence-corrected chi connectivity index (χ0v) is 7.46. The van der Waals surface area contributed by atoms with Crippen molar-refractivity contribution in [1.82, 2.24) is 4.98 Å². The molecule has 0 amide bonds. The third kappa shape index (κ3) is 2.74. The summed E-state index contributed by atoms with van der Waals surface area (Å²) in [5.41, 5.74) is 0.183. The van der Waals surface area contributed by atoms with Gasteiger partial charge in [-0.15, -0.1) is 0 Å². The Bertz CT molecular complexity index is 339. The average molecular weight is 221 g/mol. The van der Waals surface area contributed by atoms with Crippen LogP contribution < -0.4 is 0 Å². The Morgan fingerprint density at radius 3 is 2.60 bits per heavy atom. The molecule has 1 heterocycles. The molecule has 0 aliphatic heterocycles. The van der Waals surface area contributed by atoms with Gasteiger partial charge in [0.05, 0.1) is 0 Å². The van der Waals surface area contributed by atoms with Crippen molar-refractivity contribution in [1.29, 1.82) is 0 Å². The lowest BCUT2D eigenvalue weighted by Crippen LogP contribution is -2.37. The second kappa shape index (κ2) is 4.37. The number of hydrogen-bond donors (Lipinski definition) is 0. The molecular weight excluding hydrogens is 214 g/mol. The number of halogens is 4. The van der Waals surface area contributed by atoms with Crippen molar-refractivity contribution in [2.24, 2.45) is 0 Å². The quantitative estimate of drug-likeness (QED) is 0.728. The van der Waals surface area contributed by atoms with Gasteiger partial charge in [-0.3, -0.25) is 9.78 Å². The Hall–Kier alpha value is -1.46. The van der Waals surface area contributed by atoms with Gasteiger partial charge >= 0.3 is 12.3 Å². The van der Waals surface area contributed by atoms with Gasteiger partial charge in [-0.2, -0.15) is 8.78 Å². The SMILES string of the molecule is O=C(Cc1cccnc1)C(F)(F)C(F)F. The van der Waals surface area contributed by atoms with Gasteiger partial charge in [0.2, 0.25) is 5.78 Å². The highest BCUT2D eigenvalue weighted by atomic mass is 19.3. The molecule has 0 aliphatic carbocycles. The Labute approximate surface area is 82.9 Å². The second-order valence-electron chi connectivity index (χ2n) is 2.88. The maximum atomic E-state index is 12.5. The zero-order chi connectivity index (χ0) is 11.5. The fourth-order valence-corrected chi connectivity index (χ4v) is 0.928. The van der Waals surface area contributed by atoms with Crippen molar-refractivity contribution >= 4 is 5.78 Å². The first-order valence-corrected chi connectivity index (χ1v) is 4.02. The third-order valence-corrected chi connectivity index (χ3v) is 1.73. The Balaban J connectivity index is 2.72. The highest BCUT2D eigenvalue weighted by Gasteiger charge is 2.47. The standard InChI is InChI=1S/C9H7F4NO/c10-8(11)9(12,13)7(15)4-6-2-1-3-14-5-6/h1-3,5,8H,4H2. The zero-order valence-electron chi connectivity index (χ0n) is 7.46. The van der Waals surface area contributed by atoms with E-state index in [4.69, 9.17) is 0 Å². The van der Waals surface area contributed by atoms with Gasteiger partial charge in [0, 0.05) is 18.8 Å². The molecule has 0 fully saturated rings. The van der Waals surface area contributed by atoms with Gasteiger partial charge in [0.15, 0.2) is 0 Å². The van der Waals surface area contributed by atoms with E-state index in [0.29, 0.717) is 0 Å². The van der Waals surface area contributed by atoms with Gasteiger partial charge < -0.3 is 0 Å². The van der Waals surface area contributed by atoms with Crippen LogP contribution in [0.2, 0.25) is 0 Å². The van der Waals surface area contributed by atoms with Crippen molar-refractivity contribution < 1.29 is 22.4 Å². The minimum atomic E-state index is -4.59. The maximum absolute atomic E-state index is 12.5. The second-order valence-corrected chi connectivity index (χ2v) is 2.88. The topological polar surface area (TPSA) is 30.0 Å². The van der Waals surface area contributed by atoms with Crippen molar-refractivity contribution in [3.05, 3.63) is 30.1 Å². The molecule has 6 heteroatoms. The fourth-order valence-electron chi connectivity index (χ4n) is 0.928. The molecule has 0 bridgehead atoms. The van der Waals surface area contributed by atoms with Crippen LogP contribution in [0.25, 0.3) is 0 Å². The smallest absolute Gasteiger partial charge is 0.292 e. The van der Waals surface area contributed by atoms with Crippen LogP contribution in [-0.2, 0) is 11.2 Å². The van der Waals surface area contributed by atoms with Gasteiger partial charge in [0.25, 0.3) is 0 Å². The summed E-state index contributed by atoms with van der Waals surface area (Å²) in [6.45, 7) is 0. The molecule has 0 unspecified atom stereocenters. The molecule has 0 radical (unpaired) electrons. The third-order valence-electron chi connectivity index (χ3n) is 1.73. The first-order chi connectivity index (χ1) is 6.94. The molecule has 1 rings (SSSR count). The van der Waals surface area contributed by atoms with Crippen LogP contribution in [-0.4, -0.2) is 23.1 Å². The van der Waals surface area contributed by atoms with E-state index in [-0.39, 0.29) is 5.56 Å². The molecule has 0 aliphatic rings. The van der Waals surface area contributed by atoms with Gasteiger partial charge in [0.1, 0.15) is 0 Å². The molecule has 0 saturated carbocycles. The lowest BCUT2D eigenvalue weighted by atomic mass is 10.1. The number of ketones is 1. The lowest BCUT2D eigenvalue weighted by molar-refractivity contribution is -0.166. The number of nitrogens with zero attached hydrogens (tertiary/aromatic N) is 1. The highest BCUT2D eigenvalue weighted by Crippen LogP contribution is 2.25. The first kappa shape index (κ1) is 11.6. The van der Waals surface area contributed by atoms with E-state index in [2.05, 4.69) is 4.98 Å². The number of carbonyl (C=O) groups is 1. The predicted molar refractivity (Wildman–Crippen MR) is 43.9 cm³/mol. The summed E-state index contributed by atoms with van der Waals surface area (Å²) in [5, 5.41) is 0. The Kier molecular flexibility index (Phi) is 3.39. The predicted octanol–water partition coefficient (Wildman–Crippen LogP) is 2.09. The average Bonchev–Trinajstić information content (AvgIpc) is 2.18. The summed E-state index contributed by atoms with van der Waals surface area (Å²) in [7, 11) is 0. The van der Waals surface area contributed by atoms with Crippen LogP contribution in [0.5, 0.6) is 0 Å². The highest BCUT2D eigenvalue weighted by molar-refractivity contribution is 5.87. The Morgan fingerprint density at radius 1 is 1.47 bits per heavy atom. The molecule has 1 aromatic heterocycles. The van der Waals surface area contributed by atoms with E-state index < -0.39 is 24.6 Å². The van der Waals surface area contributed by atoms with Crippen molar-refractivity contribution in [2.75, 3.05) is 0 Å². The number of aromatic nitrogens is 1. The molecule has 15 heavy (non-hydrogen) atoms. The lowest BCUT2D eigenvalue weighted by Gasteiger charge is -2.13. The van der Waals surface area contributed by atoms with Crippen LogP contribution in [0.1, 0.15) is 5.56 Å². The van der Waals surface area contributed by atoms with Crippen LogP contribution in [0, 0.1) is 0 Å². The maximum Gasteiger partial charge on any atom is 0.364 e. The minimum absolute atomic E-state index is 0.183. The molecule has 0 atom stereocenters. The van der Waals surface area contributed by atoms with Crippen molar-refractivity contribution in [3.8, 4) is 0 Å². The van der Waals surface area contributed by atoms with Crippen molar-refractivity contribution in [3.63, 3.8) is 0 Å². The van der Waals surface area contributed by atoms with Crippen LogP contribution in [0.3, 0.4) is 0 Å². The van der Waals surface area contributed by atoms with E-state index in [1.165, 1.54) is 24.5 Å². The number of rotatable bonds is 4. The minimum Gasteiger partial charge on any atom is -0.292 e. The monoisotopic (exact) mass is 221 g/mol. The summed E-state index contributed by atoms with van der Waals surface area (Å²) >= 11 is 0. The first-order valence-electron chi connectivity index (χ1n) is 4.02. The summed E-state index contributed by atoms with van der Waals surface area (Å²) in [6, 6.07) is 2.80. The van der Waals surface area contributed by atoms with Crippen molar-refractivity contribution in [2.45, 2.75) is 18.8 Å². The number of hydrogen-bond acceptors (Lipinski definition) is 2. The summed E-state index contributed by atoms with van der Waals surface area (Å²) in [4.78, 5) is 14.4. The van der Waals surface area contributed by atoms with Gasteiger partial charge in [-0.25, -0.2) is 8.78 Å². The molecular formula is C9H7F4NO. The number of alkyl halides is 4. The largest absolute Gasteiger partial charge is 0.364 e. The van der Waals surface area contributed by atoms with Crippen LogP contribution in [0.15, 0.2) is 24.5 Å². The van der Waals surface area contributed by atoms with E-state index in [9.17, 15) is 22.4 Å². The number of Topliss-reactive ketones (excluding diaryl/α,β-unsaturated/α-hetero) is 1. The Morgan fingerprint density at radius 2 is 2.13 bits per heavy atom. The van der Waals surface area contributed by atoms with Crippen LogP contribution in [0.4, 0.5) is 17.6 Å². The normalized spacial score (nSPS) is 11.8. The molecule has 82 valence electrons. The molecule has 0 aromatic carbocycles.